The van der Waals surface area contributed by atoms with E-state index in [1.807, 2.05) is 24.3 Å². The first-order valence-corrected chi connectivity index (χ1v) is 12.7. The number of benzene rings is 2. The first-order chi connectivity index (χ1) is 17.1. The Bertz CT molecular complexity index is 1560. The number of thiazole rings is 1. The average Bonchev–Trinajstić information content (AvgIpc) is 3.63. The van der Waals surface area contributed by atoms with Crippen LogP contribution < -0.4 is 9.47 Å². The van der Waals surface area contributed by atoms with Gasteiger partial charge in [-0.3, -0.25) is 9.30 Å². The molecule has 35 heavy (non-hydrogen) atoms. The van der Waals surface area contributed by atoms with Crippen molar-refractivity contribution in [3.63, 3.8) is 0 Å². The van der Waals surface area contributed by atoms with Crippen LogP contribution in [0.2, 0.25) is 0 Å². The lowest BCUT2D eigenvalue weighted by molar-refractivity contribution is 0.174. The zero-order valence-corrected chi connectivity index (χ0v) is 20.1. The fourth-order valence-corrected chi connectivity index (χ4v) is 6.14. The molecule has 0 unspecified atom stereocenters. The highest BCUT2D eigenvalue weighted by atomic mass is 32.1. The number of halogens is 1. The zero-order valence-electron chi connectivity index (χ0n) is 19.3. The monoisotopic (exact) mass is 489 g/mol. The molecule has 0 N–H and O–H groups in total. The molecule has 0 atom stereocenters. The summed E-state index contributed by atoms with van der Waals surface area (Å²) in [6.07, 6.45) is 4.09. The lowest BCUT2D eigenvalue weighted by Gasteiger charge is -2.33. The van der Waals surface area contributed by atoms with Gasteiger partial charge in [-0.1, -0.05) is 0 Å². The molecule has 5 heterocycles. The predicted octanol–water partition coefficient (Wildman–Crippen LogP) is 5.43. The Labute approximate surface area is 205 Å². The van der Waals surface area contributed by atoms with Gasteiger partial charge in [-0.2, -0.15) is 0 Å². The predicted molar refractivity (Wildman–Crippen MR) is 133 cm³/mol. The zero-order chi connectivity index (χ0) is 23.5. The summed E-state index contributed by atoms with van der Waals surface area (Å²) in [5, 5.41) is 2.09. The van der Waals surface area contributed by atoms with Crippen molar-refractivity contribution in [3.8, 4) is 22.9 Å². The van der Waals surface area contributed by atoms with Crippen LogP contribution in [-0.4, -0.2) is 43.7 Å². The molecule has 0 aliphatic carbocycles. The van der Waals surface area contributed by atoms with Gasteiger partial charge in [0.1, 0.15) is 11.6 Å². The summed E-state index contributed by atoms with van der Waals surface area (Å²) in [7, 11) is 0. The van der Waals surface area contributed by atoms with Crippen molar-refractivity contribution < 1.29 is 13.9 Å². The van der Waals surface area contributed by atoms with E-state index in [4.69, 9.17) is 19.4 Å². The molecule has 0 saturated carbocycles. The molecule has 2 aliphatic rings. The Kier molecular flexibility index (Phi) is 4.82. The van der Waals surface area contributed by atoms with Gasteiger partial charge in [0.2, 0.25) is 6.79 Å². The van der Waals surface area contributed by atoms with E-state index in [0.29, 0.717) is 5.52 Å². The molecule has 2 aromatic carbocycles. The fraction of sp³-hybridized carbons (Fsp3) is 0.308. The number of nitrogens with zero attached hydrogens (tertiary/aromatic N) is 5. The molecule has 1 fully saturated rings. The van der Waals surface area contributed by atoms with Crippen LogP contribution in [0.4, 0.5) is 4.39 Å². The van der Waals surface area contributed by atoms with Crippen LogP contribution in [0.25, 0.3) is 27.4 Å². The highest BCUT2D eigenvalue weighted by Crippen LogP contribution is 2.39. The molecule has 5 aromatic rings. The molecular formula is C26H24FN5O2S. The van der Waals surface area contributed by atoms with Crippen LogP contribution in [0.5, 0.6) is 11.5 Å². The Morgan fingerprint density at radius 2 is 1.91 bits per heavy atom. The van der Waals surface area contributed by atoms with Gasteiger partial charge < -0.3 is 14.0 Å². The van der Waals surface area contributed by atoms with E-state index in [9.17, 15) is 4.39 Å². The van der Waals surface area contributed by atoms with Crippen molar-refractivity contribution in [1.29, 1.82) is 0 Å². The normalized spacial score (nSPS) is 16.6. The van der Waals surface area contributed by atoms with Crippen molar-refractivity contribution >= 4 is 27.3 Å². The number of ether oxygens (including phenoxy) is 2. The molecular weight excluding hydrogens is 465 g/mol. The number of fused-ring (bicyclic) bond motifs is 3. The summed E-state index contributed by atoms with van der Waals surface area (Å²) >= 11 is 1.67. The quantitative estimate of drug-likeness (QED) is 0.337. The highest BCUT2D eigenvalue weighted by Gasteiger charge is 2.27. The van der Waals surface area contributed by atoms with Crippen LogP contribution >= 0.6 is 11.3 Å². The molecule has 9 heteroatoms. The molecule has 0 radical (unpaired) electrons. The maximum atomic E-state index is 14.1. The number of aromatic nitrogens is 4. The summed E-state index contributed by atoms with van der Waals surface area (Å²) in [6.45, 7) is 5.16. The van der Waals surface area contributed by atoms with Gasteiger partial charge >= 0.3 is 0 Å². The standard InChI is InChI=1S/C26H24FN5O2S/c1-16-22(31-10-11-35-26(31)28-16)14-30-8-6-19(7-9-30)32-21-4-3-18(27)13-20(21)29-25(32)17-2-5-23-24(12-17)34-15-33-23/h2-5,10-13,19H,6-9,14-15H2,1H3. The minimum atomic E-state index is -0.273. The summed E-state index contributed by atoms with van der Waals surface area (Å²) in [5.74, 6) is 2.03. The Morgan fingerprint density at radius 3 is 2.80 bits per heavy atom. The van der Waals surface area contributed by atoms with Crippen LogP contribution in [0.1, 0.15) is 30.3 Å². The second-order valence-corrected chi connectivity index (χ2v) is 10.1. The van der Waals surface area contributed by atoms with Gasteiger partial charge in [0.05, 0.1) is 22.4 Å². The smallest absolute Gasteiger partial charge is 0.231 e. The maximum Gasteiger partial charge on any atom is 0.231 e. The van der Waals surface area contributed by atoms with Gasteiger partial charge in [0, 0.05) is 48.9 Å². The van der Waals surface area contributed by atoms with Gasteiger partial charge in [-0.05, 0) is 50.1 Å². The van der Waals surface area contributed by atoms with E-state index in [0.717, 1.165) is 71.5 Å². The topological polar surface area (TPSA) is 56.8 Å². The second kappa shape index (κ2) is 8.07. The lowest BCUT2D eigenvalue weighted by Crippen LogP contribution is -2.34. The van der Waals surface area contributed by atoms with Crippen molar-refractivity contribution in [2.45, 2.75) is 32.4 Å². The summed E-state index contributed by atoms with van der Waals surface area (Å²) in [6, 6.07) is 11.1. The van der Waals surface area contributed by atoms with Crippen molar-refractivity contribution in [3.05, 3.63) is 65.2 Å². The van der Waals surface area contributed by atoms with Crippen LogP contribution in [0.15, 0.2) is 48.0 Å². The third kappa shape index (κ3) is 3.49. The minimum absolute atomic E-state index is 0.229. The first kappa shape index (κ1) is 20.9. The van der Waals surface area contributed by atoms with Gasteiger partial charge in [-0.15, -0.1) is 11.3 Å². The Balaban J connectivity index is 1.20. The summed E-state index contributed by atoms with van der Waals surface area (Å²) in [4.78, 5) is 13.1. The number of piperidine rings is 1. The number of hydrogen-bond donors (Lipinski definition) is 0. The average molecular weight is 490 g/mol. The molecule has 2 aliphatic heterocycles. The third-order valence-corrected chi connectivity index (χ3v) is 7.90. The number of hydrogen-bond acceptors (Lipinski definition) is 6. The van der Waals surface area contributed by atoms with E-state index >= 15 is 0 Å². The Morgan fingerprint density at radius 1 is 1.06 bits per heavy atom. The van der Waals surface area contributed by atoms with E-state index in [-0.39, 0.29) is 18.7 Å². The number of imidazole rings is 2. The van der Waals surface area contributed by atoms with Crippen LogP contribution in [-0.2, 0) is 6.54 Å². The molecule has 0 amide bonds. The molecule has 7 nitrogen and oxygen atoms in total. The largest absolute Gasteiger partial charge is 0.454 e. The van der Waals surface area contributed by atoms with Crippen LogP contribution in [0, 0.1) is 12.7 Å². The Hall–Kier alpha value is -3.43. The van der Waals surface area contributed by atoms with E-state index in [1.54, 1.807) is 11.3 Å². The SMILES string of the molecule is Cc1nc2sccn2c1CN1CCC(n2c(-c3ccc4c(c3)OCO4)nc3cc(F)ccc32)CC1. The van der Waals surface area contributed by atoms with E-state index < -0.39 is 0 Å². The summed E-state index contributed by atoms with van der Waals surface area (Å²) < 4.78 is 29.7. The highest BCUT2D eigenvalue weighted by molar-refractivity contribution is 7.15. The molecule has 178 valence electrons. The lowest BCUT2D eigenvalue weighted by atomic mass is 10.0. The second-order valence-electron chi connectivity index (χ2n) is 9.21. The first-order valence-electron chi connectivity index (χ1n) is 11.8. The third-order valence-electron chi connectivity index (χ3n) is 7.14. The number of aryl methyl sites for hydroxylation is 1. The van der Waals surface area contributed by atoms with Crippen molar-refractivity contribution in [2.24, 2.45) is 0 Å². The van der Waals surface area contributed by atoms with Gasteiger partial charge in [0.25, 0.3) is 0 Å². The van der Waals surface area contributed by atoms with Crippen LogP contribution in [0.3, 0.4) is 0 Å². The van der Waals surface area contributed by atoms with E-state index in [1.165, 1.54) is 17.8 Å². The van der Waals surface area contributed by atoms with E-state index in [2.05, 4.69) is 32.4 Å². The maximum absolute atomic E-state index is 14.1. The number of likely N-dealkylation sites (tertiary alicyclic amines) is 1. The molecule has 3 aromatic heterocycles. The summed E-state index contributed by atoms with van der Waals surface area (Å²) in [5.41, 5.74) is 4.96. The van der Waals surface area contributed by atoms with Gasteiger partial charge in [0.15, 0.2) is 16.5 Å². The van der Waals surface area contributed by atoms with Crippen molar-refractivity contribution in [1.82, 2.24) is 23.8 Å². The molecule has 1 saturated heterocycles. The molecule has 0 bridgehead atoms. The van der Waals surface area contributed by atoms with Gasteiger partial charge in [-0.25, -0.2) is 14.4 Å². The number of rotatable bonds is 4. The minimum Gasteiger partial charge on any atom is -0.454 e. The van der Waals surface area contributed by atoms with Crippen molar-refractivity contribution in [2.75, 3.05) is 19.9 Å². The molecule has 0 spiro atoms. The molecule has 7 rings (SSSR count). The fourth-order valence-electron chi connectivity index (χ4n) is 5.36.